The number of anilines is 2. The Bertz CT molecular complexity index is 1320. The number of nitrogens with one attached hydrogen (secondary N) is 1. The van der Waals surface area contributed by atoms with Gasteiger partial charge in [-0.1, -0.05) is 12.1 Å². The minimum absolute atomic E-state index is 0.00936. The summed E-state index contributed by atoms with van der Waals surface area (Å²) in [5.74, 6) is -0.790. The lowest BCUT2D eigenvalue weighted by Crippen LogP contribution is -2.23. The zero-order valence-corrected chi connectivity index (χ0v) is 20.2. The average molecular weight is 491 g/mol. The number of aromatic nitrogens is 3. The van der Waals surface area contributed by atoms with Crippen LogP contribution in [0, 0.1) is 5.95 Å². The number of carbonyl (C=O) groups excluding carboxylic acids is 1. The molecule has 9 heteroatoms. The molecule has 1 amide bonds. The van der Waals surface area contributed by atoms with E-state index in [0.29, 0.717) is 17.4 Å². The minimum Gasteiger partial charge on any atom is -0.363 e. The van der Waals surface area contributed by atoms with Gasteiger partial charge in [0, 0.05) is 42.6 Å². The molecular formula is C26H27FN6OS. The number of rotatable bonds is 7. The van der Waals surface area contributed by atoms with Crippen LogP contribution in [0.5, 0.6) is 0 Å². The molecule has 0 aliphatic carbocycles. The summed E-state index contributed by atoms with van der Waals surface area (Å²) in [5, 5.41) is 5.51. The molecule has 5 rings (SSSR count). The second kappa shape index (κ2) is 9.97. The summed E-state index contributed by atoms with van der Waals surface area (Å²) in [7, 11) is 0. The van der Waals surface area contributed by atoms with Crippen LogP contribution in [0.25, 0.3) is 0 Å². The van der Waals surface area contributed by atoms with E-state index in [1.54, 1.807) is 29.0 Å². The molecule has 0 radical (unpaired) electrons. The Kier molecular flexibility index (Phi) is 6.61. The lowest BCUT2D eigenvalue weighted by Gasteiger charge is -2.26. The van der Waals surface area contributed by atoms with Gasteiger partial charge in [-0.05, 0) is 67.3 Å². The van der Waals surface area contributed by atoms with Crippen molar-refractivity contribution in [1.82, 2.24) is 14.5 Å². The first-order valence-corrected chi connectivity index (χ1v) is 12.5. The molecule has 1 saturated heterocycles. The second-order valence-electron chi connectivity index (χ2n) is 8.77. The summed E-state index contributed by atoms with van der Waals surface area (Å²) in [6.07, 6.45) is 5.32. The van der Waals surface area contributed by atoms with E-state index in [1.807, 2.05) is 12.3 Å². The molecule has 1 aromatic carbocycles. The Morgan fingerprint density at radius 2 is 2.11 bits per heavy atom. The Morgan fingerprint density at radius 1 is 1.29 bits per heavy atom. The molecule has 180 valence electrons. The third-order valence-electron chi connectivity index (χ3n) is 6.29. The van der Waals surface area contributed by atoms with Crippen LogP contribution in [-0.4, -0.2) is 27.0 Å². The number of nitrogens with zero attached hydrogens (tertiary/aromatic N) is 4. The molecule has 2 atom stereocenters. The van der Waals surface area contributed by atoms with E-state index in [0.717, 1.165) is 41.9 Å². The molecule has 1 unspecified atom stereocenters. The molecule has 0 saturated carbocycles. The summed E-state index contributed by atoms with van der Waals surface area (Å²) in [5.41, 5.74) is 10.4. The monoisotopic (exact) mass is 490 g/mol. The fourth-order valence-corrected chi connectivity index (χ4v) is 5.26. The summed E-state index contributed by atoms with van der Waals surface area (Å²) in [4.78, 5) is 23.7. The van der Waals surface area contributed by atoms with Gasteiger partial charge in [0.2, 0.25) is 5.95 Å². The van der Waals surface area contributed by atoms with Crippen LogP contribution in [-0.2, 0) is 6.54 Å². The second-order valence-corrected chi connectivity index (χ2v) is 9.63. The van der Waals surface area contributed by atoms with Crippen molar-refractivity contribution >= 4 is 28.1 Å². The highest BCUT2D eigenvalue weighted by atomic mass is 32.1. The number of thiazole rings is 1. The standard InChI is InChI=1S/C26H27FN6OS/c1-17(28)19-6-8-20(9-7-19)33-13-3-4-22(33)21-16-35-26(30-21)31-25(34)23-5-2-12-32(23)15-18-10-11-29-24(27)14-18/h2,5-12,14,16-17,22H,3-4,13,15,28H2,1H3,(H,30,31,34)/t17-,22?/m0/s1. The number of hydrogen-bond donors (Lipinski definition) is 2. The van der Waals surface area contributed by atoms with Crippen LogP contribution in [0.15, 0.2) is 66.3 Å². The molecular weight excluding hydrogens is 463 g/mol. The topological polar surface area (TPSA) is 89.1 Å². The van der Waals surface area contributed by atoms with Crippen LogP contribution >= 0.6 is 11.3 Å². The average Bonchev–Trinajstić information content (AvgIpc) is 3.60. The maximum Gasteiger partial charge on any atom is 0.274 e. The zero-order valence-electron chi connectivity index (χ0n) is 19.4. The summed E-state index contributed by atoms with van der Waals surface area (Å²) in [6, 6.07) is 15.2. The molecule has 0 bridgehead atoms. The Morgan fingerprint density at radius 3 is 2.89 bits per heavy atom. The van der Waals surface area contributed by atoms with Gasteiger partial charge in [-0.15, -0.1) is 11.3 Å². The maximum absolute atomic E-state index is 13.4. The predicted octanol–water partition coefficient (Wildman–Crippen LogP) is 5.14. The molecule has 0 spiro atoms. The molecule has 1 aliphatic rings. The summed E-state index contributed by atoms with van der Waals surface area (Å²) >= 11 is 1.42. The van der Waals surface area contributed by atoms with Crippen LogP contribution in [0.1, 0.15) is 59.2 Å². The zero-order chi connectivity index (χ0) is 24.4. The van der Waals surface area contributed by atoms with Gasteiger partial charge in [0.1, 0.15) is 5.69 Å². The Labute approximate surface area is 207 Å². The smallest absolute Gasteiger partial charge is 0.274 e. The molecule has 35 heavy (non-hydrogen) atoms. The Balaban J connectivity index is 1.28. The lowest BCUT2D eigenvalue weighted by atomic mass is 10.1. The van der Waals surface area contributed by atoms with Crippen molar-refractivity contribution in [3.05, 3.63) is 94.8 Å². The van der Waals surface area contributed by atoms with Gasteiger partial charge in [0.25, 0.3) is 5.91 Å². The number of benzene rings is 1. The first-order valence-electron chi connectivity index (χ1n) is 11.6. The molecule has 3 aromatic heterocycles. The van der Waals surface area contributed by atoms with Gasteiger partial charge < -0.3 is 15.2 Å². The number of halogens is 1. The highest BCUT2D eigenvalue weighted by Crippen LogP contribution is 2.37. The predicted molar refractivity (Wildman–Crippen MR) is 136 cm³/mol. The molecule has 1 fully saturated rings. The van der Waals surface area contributed by atoms with E-state index in [1.165, 1.54) is 23.6 Å². The van der Waals surface area contributed by atoms with E-state index in [-0.39, 0.29) is 18.0 Å². The van der Waals surface area contributed by atoms with Crippen LogP contribution in [0.3, 0.4) is 0 Å². The molecule has 4 heterocycles. The van der Waals surface area contributed by atoms with Crippen LogP contribution in [0.4, 0.5) is 15.2 Å². The first kappa shape index (κ1) is 23.2. The van der Waals surface area contributed by atoms with Crippen molar-refractivity contribution in [3.63, 3.8) is 0 Å². The van der Waals surface area contributed by atoms with E-state index in [2.05, 4.69) is 39.5 Å². The highest BCUT2D eigenvalue weighted by Gasteiger charge is 2.28. The van der Waals surface area contributed by atoms with Gasteiger partial charge in [-0.3, -0.25) is 10.1 Å². The van der Waals surface area contributed by atoms with E-state index in [4.69, 9.17) is 10.7 Å². The number of carbonyl (C=O) groups is 1. The normalized spacial score (nSPS) is 16.4. The van der Waals surface area contributed by atoms with Gasteiger partial charge in [0.15, 0.2) is 5.13 Å². The Hall–Kier alpha value is -3.56. The number of pyridine rings is 1. The molecule has 1 aliphatic heterocycles. The van der Waals surface area contributed by atoms with E-state index in [9.17, 15) is 9.18 Å². The van der Waals surface area contributed by atoms with Crippen LogP contribution < -0.4 is 16.0 Å². The number of hydrogen-bond acceptors (Lipinski definition) is 6. The van der Waals surface area contributed by atoms with Crippen molar-refractivity contribution in [1.29, 1.82) is 0 Å². The van der Waals surface area contributed by atoms with Gasteiger partial charge in [0.05, 0.1) is 11.7 Å². The van der Waals surface area contributed by atoms with Gasteiger partial charge in [-0.25, -0.2) is 9.97 Å². The van der Waals surface area contributed by atoms with Crippen molar-refractivity contribution in [2.45, 2.75) is 38.4 Å². The van der Waals surface area contributed by atoms with Crippen molar-refractivity contribution < 1.29 is 9.18 Å². The fourth-order valence-electron chi connectivity index (χ4n) is 4.51. The number of nitrogens with two attached hydrogens (primary N) is 1. The largest absolute Gasteiger partial charge is 0.363 e. The number of amides is 1. The van der Waals surface area contributed by atoms with E-state index >= 15 is 0 Å². The van der Waals surface area contributed by atoms with Crippen LogP contribution in [0.2, 0.25) is 0 Å². The summed E-state index contributed by atoms with van der Waals surface area (Å²) in [6.45, 7) is 3.32. The van der Waals surface area contributed by atoms with Gasteiger partial charge >= 0.3 is 0 Å². The highest BCUT2D eigenvalue weighted by molar-refractivity contribution is 7.14. The fraction of sp³-hybridized carbons (Fsp3) is 0.269. The summed E-state index contributed by atoms with van der Waals surface area (Å²) < 4.78 is 15.2. The SMILES string of the molecule is C[C@H](N)c1ccc(N2CCCC2c2csc(NC(=O)c3cccn3Cc3ccnc(F)c3)n2)cc1. The van der Waals surface area contributed by atoms with Crippen molar-refractivity contribution in [2.75, 3.05) is 16.8 Å². The molecule has 3 N–H and O–H groups in total. The molecule has 4 aromatic rings. The van der Waals surface area contributed by atoms with Crippen molar-refractivity contribution in [3.8, 4) is 0 Å². The first-order chi connectivity index (χ1) is 17.0. The van der Waals surface area contributed by atoms with Gasteiger partial charge in [-0.2, -0.15) is 4.39 Å². The van der Waals surface area contributed by atoms with Crippen molar-refractivity contribution in [2.24, 2.45) is 5.73 Å². The maximum atomic E-state index is 13.4. The minimum atomic E-state index is -0.540. The third kappa shape index (κ3) is 5.11. The molecule has 7 nitrogen and oxygen atoms in total. The van der Waals surface area contributed by atoms with E-state index < -0.39 is 5.95 Å². The lowest BCUT2D eigenvalue weighted by molar-refractivity contribution is 0.101. The quantitative estimate of drug-likeness (QED) is 0.350. The third-order valence-corrected chi connectivity index (χ3v) is 7.07.